The van der Waals surface area contributed by atoms with Gasteiger partial charge in [0.1, 0.15) is 6.04 Å². The number of nitrogens with one attached hydrogen (secondary N) is 1. The zero-order valence-electron chi connectivity index (χ0n) is 11.5. The molecule has 0 aliphatic carbocycles. The van der Waals surface area contributed by atoms with Crippen LogP contribution in [0.5, 0.6) is 5.88 Å². The first-order valence-corrected chi connectivity index (χ1v) is 6.31. The normalized spacial score (nSPS) is 12.7. The van der Waals surface area contributed by atoms with E-state index in [1.54, 1.807) is 25.4 Å². The number of hydrogen-bond donors (Lipinski definition) is 1. The molecule has 2 heterocycles. The van der Waals surface area contributed by atoms with Crippen LogP contribution in [0, 0.1) is 0 Å². The summed E-state index contributed by atoms with van der Waals surface area (Å²) in [6.07, 6.45) is 0.00186. The van der Waals surface area contributed by atoms with Crippen molar-refractivity contribution in [3.05, 3.63) is 36.8 Å². The summed E-state index contributed by atoms with van der Waals surface area (Å²) in [5, 5.41) is 6.54. The summed E-state index contributed by atoms with van der Waals surface area (Å²) in [6.45, 7) is 0.249. The monoisotopic (exact) mass is 314 g/mol. The number of carbonyl (C=O) groups excluding carboxylic acids is 1. The average molecular weight is 314 g/mol. The summed E-state index contributed by atoms with van der Waals surface area (Å²) in [5.74, 6) is -0.495. The Balaban J connectivity index is 1.92. The maximum atomic E-state index is 12.0. The fourth-order valence-corrected chi connectivity index (χ4v) is 1.57. The van der Waals surface area contributed by atoms with Gasteiger partial charge in [0, 0.05) is 18.5 Å². The van der Waals surface area contributed by atoms with Crippen LogP contribution in [-0.2, 0) is 4.79 Å². The minimum atomic E-state index is -4.42. The van der Waals surface area contributed by atoms with Gasteiger partial charge in [-0.05, 0) is 19.1 Å². The summed E-state index contributed by atoms with van der Waals surface area (Å²) >= 11 is 0. The van der Waals surface area contributed by atoms with Gasteiger partial charge in [-0.1, -0.05) is 0 Å². The van der Waals surface area contributed by atoms with Gasteiger partial charge in [0.15, 0.2) is 6.61 Å². The van der Waals surface area contributed by atoms with Crippen LogP contribution in [0.2, 0.25) is 0 Å². The van der Waals surface area contributed by atoms with Gasteiger partial charge >= 0.3 is 6.18 Å². The second-order valence-electron chi connectivity index (χ2n) is 4.44. The number of nitrogens with zero attached hydrogens (tertiary/aromatic N) is 3. The van der Waals surface area contributed by atoms with Gasteiger partial charge in [0.2, 0.25) is 11.8 Å². The van der Waals surface area contributed by atoms with E-state index in [1.807, 2.05) is 0 Å². The summed E-state index contributed by atoms with van der Waals surface area (Å²) < 4.78 is 41.9. The number of alkyl halides is 3. The number of anilines is 1. The predicted molar refractivity (Wildman–Crippen MR) is 71.4 cm³/mol. The Kier molecular flexibility index (Phi) is 4.64. The van der Waals surface area contributed by atoms with E-state index in [9.17, 15) is 18.0 Å². The lowest BCUT2D eigenvalue weighted by Gasteiger charge is -2.13. The number of rotatable bonds is 5. The first-order chi connectivity index (χ1) is 10.3. The molecule has 0 aliphatic rings. The number of halogens is 3. The Morgan fingerprint density at radius 1 is 1.45 bits per heavy atom. The Bertz CT molecular complexity index is 611. The van der Waals surface area contributed by atoms with Gasteiger partial charge in [0.25, 0.3) is 0 Å². The van der Waals surface area contributed by atoms with E-state index in [4.69, 9.17) is 0 Å². The minimum absolute atomic E-state index is 0.171. The van der Waals surface area contributed by atoms with Crippen LogP contribution in [0.15, 0.2) is 36.8 Å². The highest BCUT2D eigenvalue weighted by atomic mass is 19.4. The van der Waals surface area contributed by atoms with Crippen LogP contribution in [0.3, 0.4) is 0 Å². The first kappa shape index (κ1) is 15.8. The third-order valence-corrected chi connectivity index (χ3v) is 2.69. The standard InChI is InChI=1S/C13H13F3N4O2/c1-9(20-6-2-5-18-20)12(21)19-10-3-4-11(17-7-10)22-8-13(14,15)16/h2-7,9H,8H2,1H3,(H,19,21)/t9-/m1/s1. The molecule has 1 amide bonds. The highest BCUT2D eigenvalue weighted by Crippen LogP contribution is 2.18. The van der Waals surface area contributed by atoms with Crippen molar-refractivity contribution in [1.29, 1.82) is 0 Å². The highest BCUT2D eigenvalue weighted by Gasteiger charge is 2.28. The molecule has 0 saturated heterocycles. The van der Waals surface area contributed by atoms with Gasteiger partial charge in [-0.15, -0.1) is 0 Å². The molecule has 118 valence electrons. The van der Waals surface area contributed by atoms with Crippen LogP contribution >= 0.6 is 0 Å². The second-order valence-corrected chi connectivity index (χ2v) is 4.44. The number of amides is 1. The topological polar surface area (TPSA) is 69.0 Å². The lowest BCUT2D eigenvalue weighted by molar-refractivity contribution is -0.154. The van der Waals surface area contributed by atoms with Crippen LogP contribution in [-0.4, -0.2) is 33.5 Å². The fraction of sp³-hybridized carbons (Fsp3) is 0.308. The molecular weight excluding hydrogens is 301 g/mol. The Morgan fingerprint density at radius 2 is 2.23 bits per heavy atom. The van der Waals surface area contributed by atoms with Crippen LogP contribution in [0.1, 0.15) is 13.0 Å². The highest BCUT2D eigenvalue weighted by molar-refractivity contribution is 5.93. The summed E-state index contributed by atoms with van der Waals surface area (Å²) in [5.41, 5.74) is 0.350. The lowest BCUT2D eigenvalue weighted by Crippen LogP contribution is -2.24. The molecule has 1 N–H and O–H groups in total. The molecule has 0 saturated carbocycles. The smallest absolute Gasteiger partial charge is 0.422 e. The molecule has 1 atom stereocenters. The molecule has 0 bridgehead atoms. The zero-order valence-corrected chi connectivity index (χ0v) is 11.5. The Hall–Kier alpha value is -2.58. The van der Waals surface area contributed by atoms with Crippen molar-refractivity contribution in [3.63, 3.8) is 0 Å². The molecule has 9 heteroatoms. The minimum Gasteiger partial charge on any atom is -0.468 e. The second kappa shape index (κ2) is 6.46. The Labute approximate surface area is 123 Å². The van der Waals surface area contributed by atoms with E-state index >= 15 is 0 Å². The van der Waals surface area contributed by atoms with Gasteiger partial charge < -0.3 is 10.1 Å². The largest absolute Gasteiger partial charge is 0.468 e. The third kappa shape index (κ3) is 4.47. The third-order valence-electron chi connectivity index (χ3n) is 2.69. The van der Waals surface area contributed by atoms with Crippen LogP contribution < -0.4 is 10.1 Å². The predicted octanol–water partition coefficient (Wildman–Crippen LogP) is 2.42. The molecule has 0 aromatic carbocycles. The first-order valence-electron chi connectivity index (χ1n) is 6.31. The van der Waals surface area contributed by atoms with Crippen molar-refractivity contribution < 1.29 is 22.7 Å². The van der Waals surface area contributed by atoms with Crippen molar-refractivity contribution in [2.45, 2.75) is 19.1 Å². The van der Waals surface area contributed by atoms with Crippen LogP contribution in [0.25, 0.3) is 0 Å². The molecule has 0 radical (unpaired) electrons. The fourth-order valence-electron chi connectivity index (χ4n) is 1.57. The molecule has 0 spiro atoms. The SMILES string of the molecule is C[C@H](C(=O)Nc1ccc(OCC(F)(F)F)nc1)n1cccn1. The van der Waals surface area contributed by atoms with E-state index in [2.05, 4.69) is 20.1 Å². The number of ether oxygens (including phenoxy) is 1. The van der Waals surface area contributed by atoms with Gasteiger partial charge in [-0.3, -0.25) is 9.48 Å². The van der Waals surface area contributed by atoms with E-state index in [-0.39, 0.29) is 11.8 Å². The molecule has 2 rings (SSSR count). The molecular formula is C13H13F3N4O2. The molecule has 6 nitrogen and oxygen atoms in total. The van der Waals surface area contributed by atoms with Gasteiger partial charge in [0.05, 0.1) is 11.9 Å². The zero-order chi connectivity index (χ0) is 16.2. The molecule has 0 unspecified atom stereocenters. The molecule has 0 aliphatic heterocycles. The van der Waals surface area contributed by atoms with Crippen molar-refractivity contribution in [1.82, 2.24) is 14.8 Å². The molecule has 2 aromatic rings. The molecule has 22 heavy (non-hydrogen) atoms. The Morgan fingerprint density at radius 3 is 2.77 bits per heavy atom. The van der Waals surface area contributed by atoms with Gasteiger partial charge in [-0.2, -0.15) is 18.3 Å². The van der Waals surface area contributed by atoms with Crippen molar-refractivity contribution in [2.24, 2.45) is 0 Å². The summed E-state index contributed by atoms with van der Waals surface area (Å²) in [6, 6.07) is 3.82. The van der Waals surface area contributed by atoms with Crippen molar-refractivity contribution in [3.8, 4) is 5.88 Å². The van der Waals surface area contributed by atoms with E-state index in [1.165, 1.54) is 23.0 Å². The van der Waals surface area contributed by atoms with E-state index in [0.717, 1.165) is 0 Å². The van der Waals surface area contributed by atoms with Crippen molar-refractivity contribution in [2.75, 3.05) is 11.9 Å². The molecule has 0 fully saturated rings. The van der Waals surface area contributed by atoms with Gasteiger partial charge in [-0.25, -0.2) is 4.98 Å². The molecule has 2 aromatic heterocycles. The summed E-state index contributed by atoms with van der Waals surface area (Å²) in [7, 11) is 0. The maximum Gasteiger partial charge on any atom is 0.422 e. The number of aromatic nitrogens is 3. The average Bonchev–Trinajstić information content (AvgIpc) is 2.99. The quantitative estimate of drug-likeness (QED) is 0.920. The lowest BCUT2D eigenvalue weighted by atomic mass is 10.3. The summed E-state index contributed by atoms with van der Waals surface area (Å²) in [4.78, 5) is 15.7. The van der Waals surface area contributed by atoms with E-state index < -0.39 is 18.8 Å². The van der Waals surface area contributed by atoms with Crippen molar-refractivity contribution >= 4 is 11.6 Å². The number of carbonyl (C=O) groups is 1. The van der Waals surface area contributed by atoms with Crippen LogP contribution in [0.4, 0.5) is 18.9 Å². The number of pyridine rings is 1. The van der Waals surface area contributed by atoms with E-state index in [0.29, 0.717) is 5.69 Å². The number of hydrogen-bond acceptors (Lipinski definition) is 4. The maximum absolute atomic E-state index is 12.0.